The van der Waals surface area contributed by atoms with Crippen LogP contribution in [0.5, 0.6) is 0 Å². The monoisotopic (exact) mass is 426 g/mol. The Bertz CT molecular complexity index is 1260. The van der Waals surface area contributed by atoms with Gasteiger partial charge in [-0.25, -0.2) is 4.98 Å². The van der Waals surface area contributed by atoms with Crippen LogP contribution in [-0.4, -0.2) is 47.1 Å². The number of morpholine rings is 1. The molecule has 1 N–H and O–H groups in total. The van der Waals surface area contributed by atoms with Gasteiger partial charge in [0.2, 0.25) is 5.95 Å². The molecule has 1 fully saturated rings. The molecular formula is C25H26N6O. The average Bonchev–Trinajstić information content (AvgIpc) is 3.17. The summed E-state index contributed by atoms with van der Waals surface area (Å²) in [5.41, 5.74) is 9.44. The Balaban J connectivity index is 1.59. The van der Waals surface area contributed by atoms with E-state index in [0.717, 1.165) is 40.8 Å². The van der Waals surface area contributed by atoms with Crippen molar-refractivity contribution in [1.82, 2.24) is 14.5 Å². The van der Waals surface area contributed by atoms with Crippen molar-refractivity contribution in [2.24, 2.45) is 12.1 Å². The molecule has 32 heavy (non-hydrogen) atoms. The number of nitrogens with zero attached hydrogens (tertiary/aromatic N) is 5. The van der Waals surface area contributed by atoms with Crippen molar-refractivity contribution < 1.29 is 4.74 Å². The predicted molar refractivity (Wildman–Crippen MR) is 129 cm³/mol. The highest BCUT2D eigenvalue weighted by Crippen LogP contribution is 2.33. The molecule has 0 unspecified atom stereocenters. The van der Waals surface area contributed by atoms with E-state index in [2.05, 4.69) is 57.4 Å². The standard InChI is InChI=1S/C25H26N6O/c1-18-7-6-8-19(15-18)16-26-29-24-23-22(27-25(28-24)31-11-13-32-14-12-31)21(17-30(23)2)20-9-4-3-5-10-20/h3-10,15-17H,11-14H2,1-2H3,(H,27,28,29)/b26-16+. The molecule has 0 spiro atoms. The Morgan fingerprint density at radius 2 is 1.84 bits per heavy atom. The first-order valence-electron chi connectivity index (χ1n) is 10.8. The molecule has 7 nitrogen and oxygen atoms in total. The van der Waals surface area contributed by atoms with E-state index < -0.39 is 0 Å². The minimum Gasteiger partial charge on any atom is -0.378 e. The maximum Gasteiger partial charge on any atom is 0.228 e. The van der Waals surface area contributed by atoms with Crippen LogP contribution in [0.4, 0.5) is 11.8 Å². The van der Waals surface area contributed by atoms with E-state index in [1.54, 1.807) is 0 Å². The zero-order chi connectivity index (χ0) is 21.9. The third kappa shape index (κ3) is 4.07. The Morgan fingerprint density at radius 1 is 1.03 bits per heavy atom. The lowest BCUT2D eigenvalue weighted by molar-refractivity contribution is 0.122. The largest absolute Gasteiger partial charge is 0.378 e. The molecule has 0 amide bonds. The molecule has 0 radical (unpaired) electrons. The highest BCUT2D eigenvalue weighted by Gasteiger charge is 2.20. The second-order valence-electron chi connectivity index (χ2n) is 7.97. The maximum atomic E-state index is 5.52. The molecule has 0 saturated carbocycles. The Kier molecular flexibility index (Phi) is 5.56. The molecular weight excluding hydrogens is 400 g/mol. The van der Waals surface area contributed by atoms with Gasteiger partial charge in [0.1, 0.15) is 11.0 Å². The topological polar surface area (TPSA) is 67.6 Å². The third-order valence-corrected chi connectivity index (χ3v) is 5.61. The van der Waals surface area contributed by atoms with Crippen molar-refractivity contribution in [2.45, 2.75) is 6.92 Å². The second-order valence-corrected chi connectivity index (χ2v) is 7.97. The Morgan fingerprint density at radius 3 is 2.62 bits per heavy atom. The molecule has 1 aliphatic rings. The van der Waals surface area contributed by atoms with E-state index in [4.69, 9.17) is 14.7 Å². The Labute approximate surface area is 187 Å². The van der Waals surface area contributed by atoms with Crippen LogP contribution in [0.3, 0.4) is 0 Å². The molecule has 1 aliphatic heterocycles. The van der Waals surface area contributed by atoms with Crippen LogP contribution in [0, 0.1) is 6.92 Å². The molecule has 3 heterocycles. The van der Waals surface area contributed by atoms with E-state index in [1.165, 1.54) is 5.56 Å². The molecule has 5 rings (SSSR count). The van der Waals surface area contributed by atoms with Gasteiger partial charge in [-0.3, -0.25) is 5.43 Å². The lowest BCUT2D eigenvalue weighted by Gasteiger charge is -2.27. The van der Waals surface area contributed by atoms with Crippen LogP contribution in [-0.2, 0) is 11.8 Å². The van der Waals surface area contributed by atoms with Crippen molar-refractivity contribution in [3.8, 4) is 11.1 Å². The van der Waals surface area contributed by atoms with Gasteiger partial charge < -0.3 is 14.2 Å². The summed E-state index contributed by atoms with van der Waals surface area (Å²) in [6.45, 7) is 4.96. The van der Waals surface area contributed by atoms with Crippen LogP contribution in [0.1, 0.15) is 11.1 Å². The number of aromatic nitrogens is 3. The summed E-state index contributed by atoms with van der Waals surface area (Å²) in [6, 6.07) is 18.5. The summed E-state index contributed by atoms with van der Waals surface area (Å²) in [5.74, 6) is 1.38. The first-order chi connectivity index (χ1) is 15.7. The number of rotatable bonds is 5. The highest BCUT2D eigenvalue weighted by atomic mass is 16.5. The molecule has 0 atom stereocenters. The lowest BCUT2D eigenvalue weighted by Crippen LogP contribution is -2.37. The quantitative estimate of drug-likeness (QED) is 0.382. The smallest absolute Gasteiger partial charge is 0.228 e. The number of fused-ring (bicyclic) bond motifs is 1. The molecule has 4 aromatic rings. The second kappa shape index (κ2) is 8.80. The van der Waals surface area contributed by atoms with E-state index in [1.807, 2.05) is 43.6 Å². The number of ether oxygens (including phenoxy) is 1. The van der Waals surface area contributed by atoms with Crippen LogP contribution < -0.4 is 10.3 Å². The van der Waals surface area contributed by atoms with Crippen molar-refractivity contribution in [3.05, 3.63) is 71.9 Å². The third-order valence-electron chi connectivity index (χ3n) is 5.61. The van der Waals surface area contributed by atoms with Crippen molar-refractivity contribution >= 4 is 29.0 Å². The molecule has 7 heteroatoms. The summed E-state index contributed by atoms with van der Waals surface area (Å²) in [6.07, 6.45) is 3.92. The minimum atomic E-state index is 0.677. The number of aryl methyl sites for hydroxylation is 2. The molecule has 2 aromatic heterocycles. The average molecular weight is 427 g/mol. The molecule has 0 aliphatic carbocycles. The van der Waals surface area contributed by atoms with Crippen molar-refractivity contribution in [3.63, 3.8) is 0 Å². The molecule has 2 aromatic carbocycles. The summed E-state index contributed by atoms with van der Waals surface area (Å²) in [7, 11) is 2.02. The fourth-order valence-electron chi connectivity index (χ4n) is 4.01. The fraction of sp³-hybridized carbons (Fsp3) is 0.240. The summed E-state index contributed by atoms with van der Waals surface area (Å²) < 4.78 is 7.58. The van der Waals surface area contributed by atoms with E-state index in [-0.39, 0.29) is 0 Å². The summed E-state index contributed by atoms with van der Waals surface area (Å²) >= 11 is 0. The van der Waals surface area contributed by atoms with Crippen LogP contribution >= 0.6 is 0 Å². The number of hydrogen-bond acceptors (Lipinski definition) is 6. The van der Waals surface area contributed by atoms with Gasteiger partial charge in [-0.05, 0) is 18.1 Å². The van der Waals surface area contributed by atoms with Gasteiger partial charge in [-0.2, -0.15) is 10.1 Å². The summed E-state index contributed by atoms with van der Waals surface area (Å²) in [4.78, 5) is 12.0. The number of benzene rings is 2. The van der Waals surface area contributed by atoms with Crippen LogP contribution in [0.25, 0.3) is 22.2 Å². The zero-order valence-corrected chi connectivity index (χ0v) is 18.3. The fourth-order valence-corrected chi connectivity index (χ4v) is 4.01. The lowest BCUT2D eigenvalue weighted by atomic mass is 10.1. The first-order valence-corrected chi connectivity index (χ1v) is 10.8. The predicted octanol–water partition coefficient (Wildman–Crippen LogP) is 4.23. The van der Waals surface area contributed by atoms with Gasteiger partial charge in [-0.15, -0.1) is 0 Å². The maximum absolute atomic E-state index is 5.52. The first kappa shape index (κ1) is 20.2. The van der Waals surface area contributed by atoms with Crippen molar-refractivity contribution in [1.29, 1.82) is 0 Å². The Hall–Kier alpha value is -3.71. The number of hydrazone groups is 1. The van der Waals surface area contributed by atoms with Crippen LogP contribution in [0.2, 0.25) is 0 Å². The number of anilines is 2. The van der Waals surface area contributed by atoms with Crippen LogP contribution in [0.15, 0.2) is 65.9 Å². The van der Waals surface area contributed by atoms with Crippen molar-refractivity contribution in [2.75, 3.05) is 36.6 Å². The van der Waals surface area contributed by atoms with Gasteiger partial charge in [0.25, 0.3) is 0 Å². The van der Waals surface area contributed by atoms with Gasteiger partial charge in [0.15, 0.2) is 5.82 Å². The van der Waals surface area contributed by atoms with E-state index in [0.29, 0.717) is 25.0 Å². The molecule has 1 saturated heterocycles. The SMILES string of the molecule is Cc1cccc(/C=N/Nc2nc(N3CCOCC3)nc3c(-c4ccccc4)cn(C)c23)c1. The van der Waals surface area contributed by atoms with Gasteiger partial charge in [-0.1, -0.05) is 60.2 Å². The zero-order valence-electron chi connectivity index (χ0n) is 18.3. The minimum absolute atomic E-state index is 0.677. The van der Waals surface area contributed by atoms with Gasteiger partial charge in [0.05, 0.1) is 19.4 Å². The van der Waals surface area contributed by atoms with E-state index >= 15 is 0 Å². The summed E-state index contributed by atoms with van der Waals surface area (Å²) in [5, 5.41) is 4.49. The van der Waals surface area contributed by atoms with Gasteiger partial charge in [0, 0.05) is 31.9 Å². The molecule has 162 valence electrons. The van der Waals surface area contributed by atoms with E-state index in [9.17, 15) is 0 Å². The normalized spacial score (nSPS) is 14.4. The number of hydrogen-bond donors (Lipinski definition) is 1. The highest BCUT2D eigenvalue weighted by molar-refractivity contribution is 5.99. The van der Waals surface area contributed by atoms with Gasteiger partial charge >= 0.3 is 0 Å². The molecule has 0 bridgehead atoms. The number of nitrogens with one attached hydrogen (secondary N) is 1.